The smallest absolute Gasteiger partial charge is 0.411 e. The molecule has 1 rings (SSSR count). The molecule has 82 valence electrons. The average molecular weight is 228 g/mol. The van der Waals surface area contributed by atoms with Crippen molar-refractivity contribution >= 4 is 23.4 Å². The van der Waals surface area contributed by atoms with Gasteiger partial charge in [0.25, 0.3) is 0 Å². The van der Waals surface area contributed by atoms with Crippen LogP contribution in [0.1, 0.15) is 19.8 Å². The van der Waals surface area contributed by atoms with E-state index in [-0.39, 0.29) is 0 Å². The van der Waals surface area contributed by atoms with Gasteiger partial charge in [0, 0.05) is 0 Å². The molecular formula is C11H14ClNO2. The molecule has 0 atom stereocenters. The predicted molar refractivity (Wildman–Crippen MR) is 61.3 cm³/mol. The van der Waals surface area contributed by atoms with Crippen LogP contribution in [-0.4, -0.2) is 12.7 Å². The fourth-order valence-corrected chi connectivity index (χ4v) is 1.20. The molecule has 1 aromatic carbocycles. The fourth-order valence-electron chi connectivity index (χ4n) is 1.02. The topological polar surface area (TPSA) is 38.3 Å². The second-order valence-corrected chi connectivity index (χ2v) is 3.50. The van der Waals surface area contributed by atoms with E-state index < -0.39 is 6.09 Å². The Morgan fingerprint density at radius 2 is 2.20 bits per heavy atom. The monoisotopic (exact) mass is 227 g/mol. The van der Waals surface area contributed by atoms with Crippen molar-refractivity contribution in [3.05, 3.63) is 29.3 Å². The summed E-state index contributed by atoms with van der Waals surface area (Å²) in [6.45, 7) is 2.47. The molecular weight excluding hydrogens is 214 g/mol. The van der Waals surface area contributed by atoms with Gasteiger partial charge >= 0.3 is 6.09 Å². The molecule has 0 aliphatic heterocycles. The van der Waals surface area contributed by atoms with Crippen molar-refractivity contribution in [3.63, 3.8) is 0 Å². The maximum absolute atomic E-state index is 11.2. The van der Waals surface area contributed by atoms with Crippen LogP contribution in [0.5, 0.6) is 0 Å². The van der Waals surface area contributed by atoms with Crippen LogP contribution in [0.3, 0.4) is 0 Å². The lowest BCUT2D eigenvalue weighted by Gasteiger charge is -2.07. The number of ether oxygens (including phenoxy) is 1. The fraction of sp³-hybridized carbons (Fsp3) is 0.364. The van der Waals surface area contributed by atoms with Gasteiger partial charge in [-0.05, 0) is 18.6 Å². The Hall–Kier alpha value is -1.22. The number of para-hydroxylation sites is 1. The summed E-state index contributed by atoms with van der Waals surface area (Å²) in [5, 5.41) is 3.08. The summed E-state index contributed by atoms with van der Waals surface area (Å²) in [6.07, 6.45) is 1.41. The highest BCUT2D eigenvalue weighted by Gasteiger charge is 2.04. The Labute approximate surface area is 94.4 Å². The molecule has 0 aliphatic carbocycles. The number of halogens is 1. The lowest BCUT2D eigenvalue weighted by atomic mass is 10.3. The van der Waals surface area contributed by atoms with Crippen LogP contribution in [0.4, 0.5) is 10.5 Å². The Balaban J connectivity index is 2.41. The zero-order valence-corrected chi connectivity index (χ0v) is 9.38. The summed E-state index contributed by atoms with van der Waals surface area (Å²) in [5.41, 5.74) is 0.570. The first-order valence-corrected chi connectivity index (χ1v) is 5.30. The summed E-state index contributed by atoms with van der Waals surface area (Å²) in [5.74, 6) is 0. The molecule has 0 unspecified atom stereocenters. The summed E-state index contributed by atoms with van der Waals surface area (Å²) in [4.78, 5) is 11.2. The molecule has 0 saturated heterocycles. The van der Waals surface area contributed by atoms with E-state index in [9.17, 15) is 4.79 Å². The Morgan fingerprint density at radius 3 is 2.87 bits per heavy atom. The van der Waals surface area contributed by atoms with Gasteiger partial charge in [0.05, 0.1) is 17.3 Å². The zero-order valence-electron chi connectivity index (χ0n) is 8.63. The zero-order chi connectivity index (χ0) is 11.1. The molecule has 0 heterocycles. The SMILES string of the molecule is CCCCOC(=O)Nc1ccccc1Cl. The number of nitrogens with one attached hydrogen (secondary N) is 1. The summed E-state index contributed by atoms with van der Waals surface area (Å²) in [6, 6.07) is 7.04. The van der Waals surface area contributed by atoms with Crippen molar-refractivity contribution in [2.75, 3.05) is 11.9 Å². The summed E-state index contributed by atoms with van der Waals surface area (Å²) < 4.78 is 4.93. The van der Waals surface area contributed by atoms with E-state index in [4.69, 9.17) is 16.3 Å². The van der Waals surface area contributed by atoms with Crippen LogP contribution in [0.25, 0.3) is 0 Å². The Kier molecular flexibility index (Phi) is 4.98. The third-order valence-electron chi connectivity index (χ3n) is 1.84. The maximum Gasteiger partial charge on any atom is 0.411 e. The van der Waals surface area contributed by atoms with Crippen LogP contribution in [0.2, 0.25) is 5.02 Å². The van der Waals surface area contributed by atoms with Gasteiger partial charge in [0.2, 0.25) is 0 Å². The van der Waals surface area contributed by atoms with Gasteiger partial charge < -0.3 is 4.74 Å². The minimum atomic E-state index is -0.462. The largest absolute Gasteiger partial charge is 0.449 e. The number of benzene rings is 1. The van der Waals surface area contributed by atoms with Crippen LogP contribution in [0, 0.1) is 0 Å². The Bertz CT molecular complexity index is 328. The standard InChI is InChI=1S/C11H14ClNO2/c1-2-3-8-15-11(14)13-10-7-5-4-6-9(10)12/h4-7H,2-3,8H2,1H3,(H,13,14). The van der Waals surface area contributed by atoms with Crippen LogP contribution in [0.15, 0.2) is 24.3 Å². The Morgan fingerprint density at radius 1 is 1.47 bits per heavy atom. The summed E-state index contributed by atoms with van der Waals surface area (Å²) >= 11 is 5.86. The molecule has 15 heavy (non-hydrogen) atoms. The van der Waals surface area contributed by atoms with Crippen molar-refractivity contribution in [1.82, 2.24) is 0 Å². The molecule has 1 aromatic rings. The third kappa shape index (κ3) is 4.21. The van der Waals surface area contributed by atoms with Crippen molar-refractivity contribution in [1.29, 1.82) is 0 Å². The lowest BCUT2D eigenvalue weighted by Crippen LogP contribution is -2.14. The van der Waals surface area contributed by atoms with Gasteiger partial charge in [0.15, 0.2) is 0 Å². The molecule has 0 saturated carbocycles. The highest BCUT2D eigenvalue weighted by molar-refractivity contribution is 6.33. The number of amides is 1. The second-order valence-electron chi connectivity index (χ2n) is 3.09. The molecule has 4 heteroatoms. The van der Waals surface area contributed by atoms with Gasteiger partial charge in [0.1, 0.15) is 0 Å². The number of hydrogen-bond acceptors (Lipinski definition) is 2. The number of unbranched alkanes of at least 4 members (excludes halogenated alkanes) is 1. The number of carbonyl (C=O) groups excluding carboxylic acids is 1. The average Bonchev–Trinajstić information content (AvgIpc) is 2.22. The number of anilines is 1. The quantitative estimate of drug-likeness (QED) is 0.797. The molecule has 0 spiro atoms. The first kappa shape index (κ1) is 11.9. The van der Waals surface area contributed by atoms with E-state index >= 15 is 0 Å². The van der Waals surface area contributed by atoms with E-state index in [0.717, 1.165) is 12.8 Å². The van der Waals surface area contributed by atoms with Crippen molar-refractivity contribution in [2.45, 2.75) is 19.8 Å². The minimum absolute atomic E-state index is 0.437. The van der Waals surface area contributed by atoms with E-state index in [2.05, 4.69) is 5.32 Å². The number of rotatable bonds is 4. The number of carbonyl (C=O) groups is 1. The first-order chi connectivity index (χ1) is 7.24. The van der Waals surface area contributed by atoms with Crippen molar-refractivity contribution in [3.8, 4) is 0 Å². The molecule has 0 aliphatic rings. The predicted octanol–water partition coefficient (Wildman–Crippen LogP) is 3.69. The number of hydrogen-bond donors (Lipinski definition) is 1. The van der Waals surface area contributed by atoms with Crippen LogP contribution < -0.4 is 5.32 Å². The van der Waals surface area contributed by atoms with Crippen molar-refractivity contribution in [2.24, 2.45) is 0 Å². The lowest BCUT2D eigenvalue weighted by molar-refractivity contribution is 0.160. The highest BCUT2D eigenvalue weighted by Crippen LogP contribution is 2.20. The summed E-state index contributed by atoms with van der Waals surface area (Å²) in [7, 11) is 0. The third-order valence-corrected chi connectivity index (χ3v) is 2.17. The molecule has 0 bridgehead atoms. The van der Waals surface area contributed by atoms with Crippen LogP contribution in [-0.2, 0) is 4.74 Å². The van der Waals surface area contributed by atoms with Gasteiger partial charge in [-0.1, -0.05) is 37.1 Å². The minimum Gasteiger partial charge on any atom is -0.449 e. The molecule has 1 amide bonds. The first-order valence-electron chi connectivity index (χ1n) is 4.92. The van der Waals surface area contributed by atoms with Crippen LogP contribution >= 0.6 is 11.6 Å². The molecule has 0 radical (unpaired) electrons. The maximum atomic E-state index is 11.2. The molecule has 0 aromatic heterocycles. The molecule has 3 nitrogen and oxygen atoms in total. The van der Waals surface area contributed by atoms with Gasteiger partial charge in [-0.2, -0.15) is 0 Å². The molecule has 1 N–H and O–H groups in total. The highest BCUT2D eigenvalue weighted by atomic mass is 35.5. The van der Waals surface area contributed by atoms with E-state index in [1.54, 1.807) is 24.3 Å². The van der Waals surface area contributed by atoms with Gasteiger partial charge in [-0.15, -0.1) is 0 Å². The van der Waals surface area contributed by atoms with Gasteiger partial charge in [-0.25, -0.2) is 4.79 Å². The van der Waals surface area contributed by atoms with Gasteiger partial charge in [-0.3, -0.25) is 5.32 Å². The van der Waals surface area contributed by atoms with E-state index in [0.29, 0.717) is 17.3 Å². The second kappa shape index (κ2) is 6.30. The van der Waals surface area contributed by atoms with E-state index in [1.807, 2.05) is 6.92 Å². The molecule has 0 fully saturated rings. The normalized spacial score (nSPS) is 9.73. The van der Waals surface area contributed by atoms with Crippen molar-refractivity contribution < 1.29 is 9.53 Å². The van der Waals surface area contributed by atoms with E-state index in [1.165, 1.54) is 0 Å².